The van der Waals surface area contributed by atoms with Crippen LogP contribution in [0.3, 0.4) is 0 Å². The van der Waals surface area contributed by atoms with Crippen LogP contribution in [0.25, 0.3) is 0 Å². The number of aliphatic hydroxyl groups is 3. The lowest BCUT2D eigenvalue weighted by Gasteiger charge is -2.50. The number of rotatable bonds is 6. The molecule has 0 amide bonds. The molecular weight excluding hydrogens is 512 g/mol. The molecule has 0 heterocycles. The number of nitrogens with zero attached hydrogens (tertiary/aromatic N) is 2. The monoisotopic (exact) mass is 552 g/mol. The summed E-state index contributed by atoms with van der Waals surface area (Å²) in [6.45, 7) is 1.12. The number of carbonyl (C=O) groups excluding carboxylic acids is 3. The summed E-state index contributed by atoms with van der Waals surface area (Å²) in [5, 5.41) is 45.8. The lowest BCUT2D eigenvalue weighted by atomic mass is 9.58. The fourth-order valence-corrected chi connectivity index (χ4v) is 7.70. The number of ketones is 3. The standard InChI is InChI=1S/C31H40N2O7/c1-15(34)22-28(37)25(33(4)5)20-13-18-12-19-21(32(2)3)14-17(11-10-16-8-6-7-9-16)26(35)24(19)27(36)23(18)30(39)31(20,40)29(22)38/h14,16,18,20,25,35,37,39-40H,6-13H2,1-5H3/t18-,20-,25-,31+/m0/s1. The summed E-state index contributed by atoms with van der Waals surface area (Å²) in [5.41, 5.74) is -0.981. The third kappa shape index (κ3) is 4.08. The zero-order valence-electron chi connectivity index (χ0n) is 24.0. The van der Waals surface area contributed by atoms with Crippen LogP contribution in [0.15, 0.2) is 28.7 Å². The van der Waals surface area contributed by atoms with Crippen molar-refractivity contribution in [3.05, 3.63) is 45.4 Å². The van der Waals surface area contributed by atoms with Gasteiger partial charge in [0, 0.05) is 31.3 Å². The summed E-state index contributed by atoms with van der Waals surface area (Å²) < 4.78 is 0. The highest BCUT2D eigenvalue weighted by Gasteiger charge is 2.63. The number of hydrogen-bond donors (Lipinski definition) is 4. The molecule has 9 heteroatoms. The molecule has 4 N–H and O–H groups in total. The van der Waals surface area contributed by atoms with Gasteiger partial charge >= 0.3 is 0 Å². The summed E-state index contributed by atoms with van der Waals surface area (Å²) >= 11 is 0. The van der Waals surface area contributed by atoms with Gasteiger partial charge in [-0.2, -0.15) is 0 Å². The van der Waals surface area contributed by atoms with Crippen LogP contribution in [-0.4, -0.2) is 82.5 Å². The van der Waals surface area contributed by atoms with Crippen LogP contribution in [0.1, 0.15) is 66.9 Å². The summed E-state index contributed by atoms with van der Waals surface area (Å²) in [5.74, 6) is -4.75. The second kappa shape index (κ2) is 10.0. The Morgan fingerprint density at radius 2 is 1.73 bits per heavy atom. The molecule has 0 bridgehead atoms. The maximum atomic E-state index is 14.1. The minimum Gasteiger partial charge on any atom is -0.510 e. The summed E-state index contributed by atoms with van der Waals surface area (Å²) in [7, 11) is 7.08. The molecule has 9 nitrogen and oxygen atoms in total. The van der Waals surface area contributed by atoms with Gasteiger partial charge in [0.15, 0.2) is 17.2 Å². The highest BCUT2D eigenvalue weighted by molar-refractivity contribution is 6.25. The van der Waals surface area contributed by atoms with Gasteiger partial charge in [0.1, 0.15) is 22.8 Å². The molecule has 0 radical (unpaired) electrons. The topological polar surface area (TPSA) is 139 Å². The number of carbonyl (C=O) groups is 3. The largest absolute Gasteiger partial charge is 0.510 e. The molecule has 1 aromatic rings. The average molecular weight is 553 g/mol. The first kappa shape index (κ1) is 28.4. The predicted molar refractivity (Wildman–Crippen MR) is 150 cm³/mol. The molecule has 1 aromatic carbocycles. The predicted octanol–water partition coefficient (Wildman–Crippen LogP) is 3.41. The van der Waals surface area contributed by atoms with Crippen molar-refractivity contribution in [3.63, 3.8) is 0 Å². The summed E-state index contributed by atoms with van der Waals surface area (Å²) in [6, 6.07) is 1.02. The Hall–Kier alpha value is -3.17. The zero-order valence-corrected chi connectivity index (χ0v) is 24.0. The molecule has 4 atom stereocenters. The van der Waals surface area contributed by atoms with Crippen molar-refractivity contribution in [1.29, 1.82) is 0 Å². The molecule has 0 spiro atoms. The third-order valence-electron chi connectivity index (χ3n) is 9.66. The van der Waals surface area contributed by atoms with Crippen LogP contribution in [0.5, 0.6) is 5.75 Å². The van der Waals surface area contributed by atoms with Crippen LogP contribution in [-0.2, 0) is 22.4 Å². The van der Waals surface area contributed by atoms with Gasteiger partial charge in [-0.15, -0.1) is 0 Å². The van der Waals surface area contributed by atoms with E-state index in [1.807, 2.05) is 25.1 Å². The first-order valence-corrected chi connectivity index (χ1v) is 14.2. The summed E-state index contributed by atoms with van der Waals surface area (Å²) in [6.07, 6.45) is 6.71. The second-order valence-electron chi connectivity index (χ2n) is 12.5. The lowest BCUT2D eigenvalue weighted by molar-refractivity contribution is -0.148. The maximum absolute atomic E-state index is 14.1. The smallest absolute Gasteiger partial charge is 0.209 e. The van der Waals surface area contributed by atoms with E-state index in [-0.39, 0.29) is 23.3 Å². The molecule has 0 saturated heterocycles. The number of anilines is 1. The molecule has 4 aliphatic carbocycles. The number of allylic oxidation sites excluding steroid dienone is 1. The molecule has 0 aliphatic heterocycles. The van der Waals surface area contributed by atoms with Crippen LogP contribution in [0.2, 0.25) is 0 Å². The van der Waals surface area contributed by atoms with Gasteiger partial charge in [-0.3, -0.25) is 19.3 Å². The number of benzene rings is 1. The van der Waals surface area contributed by atoms with Gasteiger partial charge in [0.05, 0.1) is 11.6 Å². The number of aliphatic hydroxyl groups excluding tert-OH is 2. The van der Waals surface area contributed by atoms with E-state index in [0.29, 0.717) is 29.9 Å². The van der Waals surface area contributed by atoms with Crippen molar-refractivity contribution in [1.82, 2.24) is 4.90 Å². The summed E-state index contributed by atoms with van der Waals surface area (Å²) in [4.78, 5) is 43.6. The number of aromatic hydroxyl groups is 1. The van der Waals surface area contributed by atoms with Gasteiger partial charge in [0.25, 0.3) is 0 Å². The number of fused-ring (bicyclic) bond motifs is 3. The third-order valence-corrected chi connectivity index (χ3v) is 9.66. The first-order chi connectivity index (χ1) is 18.8. The van der Waals surface area contributed by atoms with Crippen LogP contribution < -0.4 is 4.90 Å². The molecule has 216 valence electrons. The zero-order chi connectivity index (χ0) is 29.3. The van der Waals surface area contributed by atoms with Crippen LogP contribution >= 0.6 is 0 Å². The minimum atomic E-state index is -2.55. The number of hydrogen-bond acceptors (Lipinski definition) is 9. The van der Waals surface area contributed by atoms with Crippen molar-refractivity contribution >= 4 is 23.0 Å². The van der Waals surface area contributed by atoms with E-state index in [9.17, 15) is 34.8 Å². The van der Waals surface area contributed by atoms with E-state index >= 15 is 0 Å². The molecule has 0 unspecified atom stereocenters. The highest BCUT2D eigenvalue weighted by Crippen LogP contribution is 2.53. The average Bonchev–Trinajstić information content (AvgIpc) is 3.39. The molecule has 5 rings (SSSR count). The van der Waals surface area contributed by atoms with Crippen LogP contribution in [0.4, 0.5) is 5.69 Å². The minimum absolute atomic E-state index is 0.102. The van der Waals surface area contributed by atoms with Crippen molar-refractivity contribution < 1.29 is 34.8 Å². The van der Waals surface area contributed by atoms with E-state index in [4.69, 9.17) is 0 Å². The Morgan fingerprint density at radius 1 is 1.07 bits per heavy atom. The van der Waals surface area contributed by atoms with Crippen molar-refractivity contribution in [2.24, 2.45) is 17.8 Å². The van der Waals surface area contributed by atoms with E-state index in [1.165, 1.54) is 25.7 Å². The fourth-order valence-electron chi connectivity index (χ4n) is 7.70. The Bertz CT molecular complexity index is 1350. The Kier molecular flexibility index (Phi) is 7.11. The van der Waals surface area contributed by atoms with Crippen molar-refractivity contribution in [2.75, 3.05) is 33.1 Å². The van der Waals surface area contributed by atoms with Gasteiger partial charge < -0.3 is 25.3 Å². The molecule has 4 aliphatic rings. The molecular formula is C31H40N2O7. The number of aryl methyl sites for hydroxylation is 1. The van der Waals surface area contributed by atoms with E-state index < -0.39 is 57.9 Å². The van der Waals surface area contributed by atoms with Gasteiger partial charge in [-0.25, -0.2) is 0 Å². The molecule has 1 saturated carbocycles. The van der Waals surface area contributed by atoms with Gasteiger partial charge in [0.2, 0.25) is 5.78 Å². The van der Waals surface area contributed by atoms with E-state index in [2.05, 4.69) is 0 Å². The Balaban J connectivity index is 1.65. The van der Waals surface area contributed by atoms with Crippen molar-refractivity contribution in [2.45, 2.75) is 69.9 Å². The number of Topliss-reactive ketones (excluding diaryl/α,β-unsaturated/α-hetero) is 3. The Labute approximate surface area is 234 Å². The van der Waals surface area contributed by atoms with Crippen molar-refractivity contribution in [3.8, 4) is 5.75 Å². The van der Waals surface area contributed by atoms with Crippen LogP contribution in [0, 0.1) is 17.8 Å². The number of phenols is 1. The normalized spacial score (nSPS) is 28.6. The quantitative estimate of drug-likeness (QED) is 0.391. The number of likely N-dealkylation sites (N-methyl/N-ethyl adjacent to an activating group) is 1. The van der Waals surface area contributed by atoms with E-state index in [1.54, 1.807) is 19.0 Å². The number of phenolic OH excluding ortho intramolecular Hbond substituents is 1. The first-order valence-electron chi connectivity index (χ1n) is 14.2. The molecule has 1 fully saturated rings. The fraction of sp³-hybridized carbons (Fsp3) is 0.581. The maximum Gasteiger partial charge on any atom is 0.209 e. The Morgan fingerprint density at radius 3 is 2.30 bits per heavy atom. The highest BCUT2D eigenvalue weighted by atomic mass is 16.3. The van der Waals surface area contributed by atoms with Gasteiger partial charge in [-0.05, 0) is 75.7 Å². The SMILES string of the molecule is CC(=O)C1=C(O)[C@@H](N(C)C)[C@@H]2C[C@@H]3Cc4c(N(C)C)cc(CCC5CCCC5)c(O)c4C(=O)C3=C(O)[C@]2(O)C1=O. The second-order valence-corrected chi connectivity index (χ2v) is 12.5. The lowest BCUT2D eigenvalue weighted by Crippen LogP contribution is -2.63. The molecule has 40 heavy (non-hydrogen) atoms. The van der Waals surface area contributed by atoms with E-state index in [0.717, 1.165) is 19.0 Å². The van der Waals surface area contributed by atoms with Gasteiger partial charge in [-0.1, -0.05) is 25.7 Å². The molecule has 0 aromatic heterocycles.